The number of anilines is 1. The quantitative estimate of drug-likeness (QED) is 0.201. The van der Waals surface area contributed by atoms with Crippen molar-refractivity contribution in [3.63, 3.8) is 0 Å². The molecule has 1 atom stereocenters. The Balaban J connectivity index is 1.91. The molecule has 5 nitrogen and oxygen atoms in total. The Kier molecular flexibility index (Phi) is 7.70. The van der Waals surface area contributed by atoms with E-state index in [0.717, 1.165) is 28.7 Å². The van der Waals surface area contributed by atoms with Gasteiger partial charge in [-0.15, -0.1) is 0 Å². The molecule has 0 bridgehead atoms. The first-order valence-electron chi connectivity index (χ1n) is 12.9. The lowest BCUT2D eigenvalue weighted by Gasteiger charge is -2.28. The molecule has 1 aliphatic rings. The number of halogens is 1. The third-order valence-electron chi connectivity index (χ3n) is 6.88. The van der Waals surface area contributed by atoms with Gasteiger partial charge in [-0.2, -0.15) is 0 Å². The van der Waals surface area contributed by atoms with Crippen LogP contribution in [0.2, 0.25) is 5.02 Å². The number of ether oxygens (including phenoxy) is 1. The Morgan fingerprint density at radius 3 is 2.26 bits per heavy atom. The highest BCUT2D eigenvalue weighted by Gasteiger charge is 2.47. The number of hydrogen-bond donors (Lipinski definition) is 1. The van der Waals surface area contributed by atoms with Gasteiger partial charge in [-0.25, -0.2) is 0 Å². The minimum atomic E-state index is -0.822. The number of amides is 1. The summed E-state index contributed by atoms with van der Waals surface area (Å²) >= 11 is 6.31. The van der Waals surface area contributed by atoms with Crippen molar-refractivity contribution >= 4 is 34.7 Å². The molecule has 1 amide bonds. The predicted molar refractivity (Wildman–Crippen MR) is 153 cm³/mol. The number of hydrogen-bond acceptors (Lipinski definition) is 4. The SMILES string of the molecule is CCCOc1ccc(/C(O)=C2\C(=O)C(=O)N(c3cc(Cl)ccc3C)C2c2ccc(C(C)(C)C)cc2)cc1C. The minimum Gasteiger partial charge on any atom is -0.507 e. The van der Waals surface area contributed by atoms with Crippen molar-refractivity contribution in [3.8, 4) is 5.75 Å². The molecule has 0 saturated carbocycles. The predicted octanol–water partition coefficient (Wildman–Crippen LogP) is 7.67. The molecule has 6 heteroatoms. The Morgan fingerprint density at radius 2 is 1.66 bits per heavy atom. The number of aliphatic hydroxyl groups is 1. The van der Waals surface area contributed by atoms with Crippen LogP contribution >= 0.6 is 11.6 Å². The van der Waals surface area contributed by atoms with Crippen LogP contribution in [0.25, 0.3) is 5.76 Å². The number of benzene rings is 3. The standard InChI is InChI=1S/C32H34ClNO4/c1-7-16-38-26-15-11-22(17-20(26)3)29(35)27-28(21-9-12-23(13-10-21)32(4,5)6)34(31(37)30(27)36)25-18-24(33)14-8-19(25)2/h8-15,17-18,28,35H,7,16H2,1-6H3/b29-27+. The number of carbonyl (C=O) groups is 2. The molecular formula is C32H34ClNO4. The van der Waals surface area contributed by atoms with Crippen LogP contribution in [-0.2, 0) is 15.0 Å². The zero-order valence-electron chi connectivity index (χ0n) is 22.8. The van der Waals surface area contributed by atoms with Gasteiger partial charge in [0.05, 0.1) is 18.2 Å². The number of ketones is 1. The Bertz CT molecular complexity index is 1420. The average Bonchev–Trinajstić information content (AvgIpc) is 3.14. The molecule has 3 aromatic carbocycles. The third-order valence-corrected chi connectivity index (χ3v) is 7.11. The molecule has 198 valence electrons. The van der Waals surface area contributed by atoms with E-state index < -0.39 is 17.7 Å². The lowest BCUT2D eigenvalue weighted by molar-refractivity contribution is -0.132. The van der Waals surface area contributed by atoms with Crippen LogP contribution in [0.1, 0.15) is 68.0 Å². The van der Waals surface area contributed by atoms with E-state index in [2.05, 4.69) is 20.8 Å². The molecule has 3 aromatic rings. The monoisotopic (exact) mass is 531 g/mol. The van der Waals surface area contributed by atoms with E-state index in [4.69, 9.17) is 16.3 Å². The number of Topliss-reactive ketones (excluding diaryl/α,β-unsaturated/α-hetero) is 1. The fourth-order valence-electron chi connectivity index (χ4n) is 4.73. The van der Waals surface area contributed by atoms with Gasteiger partial charge in [-0.3, -0.25) is 14.5 Å². The second kappa shape index (κ2) is 10.7. The summed E-state index contributed by atoms with van der Waals surface area (Å²) in [4.78, 5) is 28.5. The first kappa shape index (κ1) is 27.5. The molecule has 0 spiro atoms. The van der Waals surface area contributed by atoms with Crippen LogP contribution in [0.15, 0.2) is 66.2 Å². The summed E-state index contributed by atoms with van der Waals surface area (Å²) in [6.07, 6.45) is 0.877. The summed E-state index contributed by atoms with van der Waals surface area (Å²) in [6.45, 7) is 12.7. The molecule has 4 rings (SSSR count). The summed E-state index contributed by atoms with van der Waals surface area (Å²) in [7, 11) is 0. The highest BCUT2D eigenvalue weighted by molar-refractivity contribution is 6.52. The highest BCUT2D eigenvalue weighted by atomic mass is 35.5. The van der Waals surface area contributed by atoms with Gasteiger partial charge in [0, 0.05) is 16.3 Å². The topological polar surface area (TPSA) is 66.8 Å². The van der Waals surface area contributed by atoms with E-state index in [9.17, 15) is 14.7 Å². The van der Waals surface area contributed by atoms with Crippen LogP contribution in [0.5, 0.6) is 5.75 Å². The number of carbonyl (C=O) groups excluding carboxylic acids is 2. The number of aliphatic hydroxyl groups excluding tert-OH is 1. The Labute approximate surface area is 229 Å². The van der Waals surface area contributed by atoms with Gasteiger partial charge >= 0.3 is 0 Å². The molecule has 1 N–H and O–H groups in total. The van der Waals surface area contributed by atoms with Gasteiger partial charge in [0.1, 0.15) is 11.5 Å². The van der Waals surface area contributed by atoms with E-state index in [1.54, 1.807) is 30.3 Å². The summed E-state index contributed by atoms with van der Waals surface area (Å²) in [5.41, 5.74) is 4.41. The second-order valence-electron chi connectivity index (χ2n) is 10.8. The molecule has 1 heterocycles. The van der Waals surface area contributed by atoms with Gasteiger partial charge in [0.2, 0.25) is 0 Å². The van der Waals surface area contributed by atoms with Crippen molar-refractivity contribution in [1.82, 2.24) is 0 Å². The Morgan fingerprint density at radius 1 is 0.974 bits per heavy atom. The molecule has 1 unspecified atom stereocenters. The zero-order chi connectivity index (χ0) is 27.8. The lowest BCUT2D eigenvalue weighted by Crippen LogP contribution is -2.30. The largest absolute Gasteiger partial charge is 0.507 e. The van der Waals surface area contributed by atoms with Gasteiger partial charge in [-0.1, -0.05) is 69.6 Å². The van der Waals surface area contributed by atoms with Crippen molar-refractivity contribution in [3.05, 3.63) is 99.1 Å². The first-order chi connectivity index (χ1) is 17.9. The van der Waals surface area contributed by atoms with Crippen molar-refractivity contribution in [2.45, 2.75) is 59.4 Å². The summed E-state index contributed by atoms with van der Waals surface area (Å²) in [5, 5.41) is 12.0. The second-order valence-corrected chi connectivity index (χ2v) is 11.2. The lowest BCUT2D eigenvalue weighted by atomic mass is 9.85. The van der Waals surface area contributed by atoms with Crippen LogP contribution in [-0.4, -0.2) is 23.4 Å². The summed E-state index contributed by atoms with van der Waals surface area (Å²) < 4.78 is 5.77. The molecule has 1 fully saturated rings. The molecule has 0 radical (unpaired) electrons. The fraction of sp³-hybridized carbons (Fsp3) is 0.312. The molecule has 0 aliphatic carbocycles. The van der Waals surface area contributed by atoms with Gasteiger partial charge < -0.3 is 9.84 Å². The summed E-state index contributed by atoms with van der Waals surface area (Å²) in [5.74, 6) is -0.953. The third kappa shape index (κ3) is 5.21. The maximum atomic E-state index is 13.5. The van der Waals surface area contributed by atoms with Crippen molar-refractivity contribution in [1.29, 1.82) is 0 Å². The molecular weight excluding hydrogens is 498 g/mol. The van der Waals surface area contributed by atoms with E-state index in [0.29, 0.717) is 28.6 Å². The van der Waals surface area contributed by atoms with Crippen LogP contribution < -0.4 is 9.64 Å². The normalized spacial score (nSPS) is 17.2. The van der Waals surface area contributed by atoms with Gasteiger partial charge in [-0.05, 0) is 78.3 Å². The van der Waals surface area contributed by atoms with E-state index in [1.165, 1.54) is 4.90 Å². The van der Waals surface area contributed by atoms with Crippen molar-refractivity contribution in [2.75, 3.05) is 11.5 Å². The molecule has 1 saturated heterocycles. The van der Waals surface area contributed by atoms with Crippen LogP contribution in [0, 0.1) is 13.8 Å². The Hall–Kier alpha value is -3.57. The van der Waals surface area contributed by atoms with Crippen molar-refractivity contribution < 1.29 is 19.4 Å². The number of nitrogens with zero attached hydrogens (tertiary/aromatic N) is 1. The molecule has 0 aromatic heterocycles. The number of rotatable bonds is 6. The van der Waals surface area contributed by atoms with Crippen molar-refractivity contribution in [2.24, 2.45) is 0 Å². The highest BCUT2D eigenvalue weighted by Crippen LogP contribution is 2.44. The maximum Gasteiger partial charge on any atom is 0.300 e. The van der Waals surface area contributed by atoms with E-state index in [-0.39, 0.29) is 16.7 Å². The maximum absolute atomic E-state index is 13.5. The minimum absolute atomic E-state index is 0.0412. The first-order valence-corrected chi connectivity index (χ1v) is 13.2. The summed E-state index contributed by atoms with van der Waals surface area (Å²) in [6, 6.07) is 17.5. The molecule has 1 aliphatic heterocycles. The van der Waals surface area contributed by atoms with E-state index >= 15 is 0 Å². The van der Waals surface area contributed by atoms with Gasteiger partial charge in [0.25, 0.3) is 11.7 Å². The zero-order valence-corrected chi connectivity index (χ0v) is 23.5. The smallest absolute Gasteiger partial charge is 0.300 e. The van der Waals surface area contributed by atoms with Crippen LogP contribution in [0.3, 0.4) is 0 Å². The fourth-order valence-corrected chi connectivity index (χ4v) is 4.90. The van der Waals surface area contributed by atoms with E-state index in [1.807, 2.05) is 51.1 Å². The average molecular weight is 532 g/mol. The van der Waals surface area contributed by atoms with Gasteiger partial charge in [0.15, 0.2) is 0 Å². The van der Waals surface area contributed by atoms with Crippen LogP contribution in [0.4, 0.5) is 5.69 Å². The number of aryl methyl sites for hydroxylation is 2. The molecule has 38 heavy (non-hydrogen) atoms.